The van der Waals surface area contributed by atoms with E-state index in [-0.39, 0.29) is 53.2 Å². The Morgan fingerprint density at radius 2 is 1.85 bits per heavy atom. The number of ketones is 2. The second kappa shape index (κ2) is 13.2. The summed E-state index contributed by atoms with van der Waals surface area (Å²) in [6.45, 7) is 4.04. The number of carbonyl (C=O) groups excluding carboxylic acids is 3. The van der Waals surface area contributed by atoms with Gasteiger partial charge in [-0.2, -0.15) is 5.10 Å². The number of nitrogens with zero attached hydrogens (tertiary/aromatic N) is 6. The number of carbonyl (C=O) groups is 3. The lowest BCUT2D eigenvalue weighted by Crippen LogP contribution is -2.45. The third kappa shape index (κ3) is 6.19. The summed E-state index contributed by atoms with van der Waals surface area (Å²) in [5.74, 6) is -0.135. The number of amides is 1. The van der Waals surface area contributed by atoms with Crippen LogP contribution in [0.5, 0.6) is 0 Å². The summed E-state index contributed by atoms with van der Waals surface area (Å²) >= 11 is 3.43. The smallest absolute Gasteiger partial charge is 0.245 e. The quantitative estimate of drug-likeness (QED) is 0.204. The standard InChI is InChI=1S/C35H36BrFN6O5/c1-20(44)33-26-10-23(25-15-38-21(2)39-16-25)9-24(14-37)34(26)42(41-33)17-32(46)43-28-12-35(13-30(35)43)19-48-8-4-3-7-47-18-22-5-6-31(36)40-27(22)11-29(28)45/h5-6,9-10,15-16,28,30H,3-4,7-8,11-14,17-19H2,1-2H3/t28-,30+,35-/m0/s1. The molecule has 3 aliphatic rings. The van der Waals surface area contributed by atoms with E-state index >= 15 is 0 Å². The van der Waals surface area contributed by atoms with Crippen LogP contribution in [0, 0.1) is 12.3 Å². The Balaban J connectivity index is 1.23. The van der Waals surface area contributed by atoms with Crippen molar-refractivity contribution in [2.45, 2.75) is 77.9 Å². The molecule has 7 rings (SSSR count). The van der Waals surface area contributed by atoms with E-state index < -0.39 is 12.7 Å². The van der Waals surface area contributed by atoms with Gasteiger partial charge in [-0.3, -0.25) is 19.1 Å². The van der Waals surface area contributed by atoms with E-state index in [1.54, 1.807) is 36.4 Å². The van der Waals surface area contributed by atoms with Crippen molar-refractivity contribution in [1.29, 1.82) is 0 Å². The van der Waals surface area contributed by atoms with Crippen molar-refractivity contribution in [3.8, 4) is 11.1 Å². The van der Waals surface area contributed by atoms with Gasteiger partial charge in [-0.15, -0.1) is 0 Å². The third-order valence-electron chi connectivity index (χ3n) is 9.73. The van der Waals surface area contributed by atoms with Crippen molar-refractivity contribution in [3.05, 3.63) is 69.6 Å². The number of aryl methyl sites for hydroxylation is 1. The first-order valence-electron chi connectivity index (χ1n) is 16.2. The number of pyridine rings is 1. The first-order chi connectivity index (χ1) is 23.2. The summed E-state index contributed by atoms with van der Waals surface area (Å²) in [7, 11) is 0. The lowest BCUT2D eigenvalue weighted by atomic mass is 9.95. The first kappa shape index (κ1) is 32.6. The molecule has 13 heteroatoms. The van der Waals surface area contributed by atoms with Crippen LogP contribution in [0.3, 0.4) is 0 Å². The summed E-state index contributed by atoms with van der Waals surface area (Å²) in [4.78, 5) is 55.9. The molecule has 4 aromatic rings. The minimum atomic E-state index is -0.839. The normalized spacial score (nSPS) is 22.9. The van der Waals surface area contributed by atoms with Gasteiger partial charge < -0.3 is 14.4 Å². The van der Waals surface area contributed by atoms with E-state index in [0.29, 0.717) is 71.0 Å². The minimum Gasteiger partial charge on any atom is -0.381 e. The number of alkyl halides is 1. The van der Waals surface area contributed by atoms with Crippen molar-refractivity contribution in [1.82, 2.24) is 29.6 Å². The van der Waals surface area contributed by atoms with Gasteiger partial charge in [0, 0.05) is 60.5 Å². The number of halogens is 2. The molecule has 2 bridgehead atoms. The highest BCUT2D eigenvalue weighted by Gasteiger charge is 2.67. The Labute approximate surface area is 285 Å². The van der Waals surface area contributed by atoms with Crippen molar-refractivity contribution >= 4 is 44.3 Å². The molecule has 2 fully saturated rings. The second-order valence-corrected chi connectivity index (χ2v) is 13.9. The molecular weight excluding hydrogens is 683 g/mol. The second-order valence-electron chi connectivity index (χ2n) is 13.0. The highest BCUT2D eigenvalue weighted by Crippen LogP contribution is 2.60. The number of aromatic nitrogens is 5. The van der Waals surface area contributed by atoms with Gasteiger partial charge in [0.05, 0.1) is 36.9 Å². The average molecular weight is 720 g/mol. The molecule has 1 saturated carbocycles. The van der Waals surface area contributed by atoms with E-state index in [0.717, 1.165) is 24.8 Å². The van der Waals surface area contributed by atoms with Gasteiger partial charge >= 0.3 is 0 Å². The van der Waals surface area contributed by atoms with Crippen LogP contribution < -0.4 is 0 Å². The molecule has 1 aliphatic carbocycles. The number of piperidine rings is 1. The lowest BCUT2D eigenvalue weighted by molar-refractivity contribution is -0.139. The zero-order valence-electron chi connectivity index (χ0n) is 26.9. The van der Waals surface area contributed by atoms with Crippen LogP contribution in [0.25, 0.3) is 22.0 Å². The fraction of sp³-hybridized carbons (Fsp3) is 0.457. The number of hydrogen-bond acceptors (Lipinski definition) is 9. The Morgan fingerprint density at radius 1 is 1.08 bits per heavy atom. The van der Waals surface area contributed by atoms with Gasteiger partial charge in [-0.1, -0.05) is 6.07 Å². The lowest BCUT2D eigenvalue weighted by Gasteiger charge is -2.27. The average Bonchev–Trinajstić information content (AvgIpc) is 3.47. The van der Waals surface area contributed by atoms with Gasteiger partial charge in [0.2, 0.25) is 5.91 Å². The predicted molar refractivity (Wildman–Crippen MR) is 177 cm³/mol. The summed E-state index contributed by atoms with van der Waals surface area (Å²) in [5.41, 5.74) is 3.27. The van der Waals surface area contributed by atoms with Gasteiger partial charge in [0.15, 0.2) is 11.6 Å². The molecule has 1 amide bonds. The number of Topliss-reactive ketones (excluding diaryl/α,β-unsaturated/α-hetero) is 2. The zero-order chi connectivity index (χ0) is 33.6. The van der Waals surface area contributed by atoms with Crippen molar-refractivity contribution < 1.29 is 28.2 Å². The summed E-state index contributed by atoms with van der Waals surface area (Å²) in [5, 5.41) is 4.99. The fourth-order valence-electron chi connectivity index (χ4n) is 7.21. The minimum absolute atomic E-state index is 0.0485. The molecule has 0 N–H and O–H groups in total. The molecule has 250 valence electrons. The van der Waals surface area contributed by atoms with Crippen LogP contribution in [-0.4, -0.2) is 79.0 Å². The molecule has 1 saturated heterocycles. The van der Waals surface area contributed by atoms with Gasteiger partial charge in [-0.25, -0.2) is 19.3 Å². The molecule has 0 radical (unpaired) electrons. The molecule has 2 aliphatic heterocycles. The largest absolute Gasteiger partial charge is 0.381 e. The number of likely N-dealkylation sites (tertiary alicyclic amines) is 1. The summed E-state index contributed by atoms with van der Waals surface area (Å²) < 4.78 is 28.7. The van der Waals surface area contributed by atoms with Gasteiger partial charge in [0.1, 0.15) is 29.3 Å². The monoisotopic (exact) mass is 718 g/mol. The molecule has 11 nitrogen and oxygen atoms in total. The Bertz CT molecular complexity index is 1920. The van der Waals surface area contributed by atoms with Crippen LogP contribution in [0.4, 0.5) is 4.39 Å². The fourth-order valence-corrected chi connectivity index (χ4v) is 7.55. The van der Waals surface area contributed by atoms with Crippen LogP contribution in [-0.2, 0) is 45.3 Å². The Hall–Kier alpha value is -3.94. The molecule has 3 aromatic heterocycles. The zero-order valence-corrected chi connectivity index (χ0v) is 28.5. The molecular formula is C35H36BrFN6O5. The number of hydrogen-bond donors (Lipinski definition) is 0. The predicted octanol–water partition coefficient (Wildman–Crippen LogP) is 5.13. The maximum absolute atomic E-state index is 14.7. The Kier molecular flexibility index (Phi) is 8.94. The van der Waals surface area contributed by atoms with Gasteiger partial charge in [-0.05, 0) is 77.9 Å². The SMILES string of the molecule is CC(=O)c1nn(CC(=O)N2[C@H]3C[C@@]4(COCCCCOCc5ccc(Br)nc5CC3=O)C[C@@H]24)c2c(CF)cc(-c3cnc(C)nc3)cc12. The topological polar surface area (TPSA) is 129 Å². The van der Waals surface area contributed by atoms with Crippen molar-refractivity contribution in [2.24, 2.45) is 5.41 Å². The number of fused-ring (bicyclic) bond motifs is 3. The maximum Gasteiger partial charge on any atom is 0.245 e. The maximum atomic E-state index is 14.7. The summed E-state index contributed by atoms with van der Waals surface area (Å²) in [6.07, 6.45) is 6.28. The van der Waals surface area contributed by atoms with Crippen molar-refractivity contribution in [3.63, 3.8) is 0 Å². The van der Waals surface area contributed by atoms with Crippen LogP contribution >= 0.6 is 15.9 Å². The highest BCUT2D eigenvalue weighted by atomic mass is 79.9. The number of ether oxygens (including phenoxy) is 2. The number of benzene rings is 1. The molecule has 1 spiro atoms. The van der Waals surface area contributed by atoms with E-state index in [1.165, 1.54) is 11.6 Å². The molecule has 5 heterocycles. The van der Waals surface area contributed by atoms with Gasteiger partial charge in [0.25, 0.3) is 0 Å². The molecule has 3 atom stereocenters. The van der Waals surface area contributed by atoms with E-state index in [4.69, 9.17) is 9.47 Å². The van der Waals surface area contributed by atoms with E-state index in [9.17, 15) is 18.8 Å². The molecule has 48 heavy (non-hydrogen) atoms. The van der Waals surface area contributed by atoms with E-state index in [1.807, 2.05) is 12.1 Å². The first-order valence-corrected chi connectivity index (χ1v) is 17.0. The molecule has 0 unspecified atom stereocenters. The van der Waals surface area contributed by atoms with Crippen LogP contribution in [0.15, 0.2) is 41.3 Å². The van der Waals surface area contributed by atoms with Crippen LogP contribution in [0.2, 0.25) is 0 Å². The van der Waals surface area contributed by atoms with E-state index in [2.05, 4.69) is 36.0 Å². The van der Waals surface area contributed by atoms with Crippen LogP contribution in [0.1, 0.15) is 65.7 Å². The number of rotatable bonds is 5. The molecule has 1 aromatic carbocycles. The Morgan fingerprint density at radius 3 is 2.60 bits per heavy atom. The van der Waals surface area contributed by atoms with Crippen molar-refractivity contribution in [2.75, 3.05) is 19.8 Å². The highest BCUT2D eigenvalue weighted by molar-refractivity contribution is 9.10. The summed E-state index contributed by atoms with van der Waals surface area (Å²) in [6, 6.07) is 6.34. The third-order valence-corrected chi connectivity index (χ3v) is 10.2.